The van der Waals surface area contributed by atoms with E-state index in [1.165, 1.54) is 12.3 Å². The van der Waals surface area contributed by atoms with E-state index >= 15 is 0 Å². The van der Waals surface area contributed by atoms with Gasteiger partial charge in [-0.2, -0.15) is 0 Å². The molecule has 102 valence electrons. The molecule has 1 rings (SSSR count). The predicted molar refractivity (Wildman–Crippen MR) is 73.2 cm³/mol. The summed E-state index contributed by atoms with van der Waals surface area (Å²) in [4.78, 5) is 3.92. The molecule has 1 aromatic rings. The van der Waals surface area contributed by atoms with Gasteiger partial charge in [-0.1, -0.05) is 13.8 Å². The monoisotopic (exact) mass is 271 g/mol. The Morgan fingerprint density at radius 2 is 2.06 bits per heavy atom. The third-order valence-electron chi connectivity index (χ3n) is 2.93. The SMILES string of the molecule is CC(C)C(CN)CNc1ccc(S(C)(=O)=O)nc1. The number of hydrogen-bond acceptors (Lipinski definition) is 5. The lowest BCUT2D eigenvalue weighted by molar-refractivity contribution is 0.413. The molecule has 0 spiro atoms. The van der Waals surface area contributed by atoms with Gasteiger partial charge in [0.2, 0.25) is 0 Å². The Kier molecular flexibility index (Phi) is 5.10. The largest absolute Gasteiger partial charge is 0.383 e. The molecular weight excluding hydrogens is 250 g/mol. The van der Waals surface area contributed by atoms with Crippen molar-refractivity contribution >= 4 is 15.5 Å². The Balaban J connectivity index is 2.65. The van der Waals surface area contributed by atoms with Crippen LogP contribution in [0.25, 0.3) is 0 Å². The second kappa shape index (κ2) is 6.15. The summed E-state index contributed by atoms with van der Waals surface area (Å²) in [6, 6.07) is 3.22. The van der Waals surface area contributed by atoms with E-state index in [0.717, 1.165) is 18.5 Å². The van der Waals surface area contributed by atoms with Crippen LogP contribution in [0.2, 0.25) is 0 Å². The van der Waals surface area contributed by atoms with Crippen LogP contribution in [-0.4, -0.2) is 32.7 Å². The van der Waals surface area contributed by atoms with Gasteiger partial charge in [0.05, 0.1) is 11.9 Å². The summed E-state index contributed by atoms with van der Waals surface area (Å²) in [5, 5.41) is 3.31. The number of nitrogens with zero attached hydrogens (tertiary/aromatic N) is 1. The minimum absolute atomic E-state index is 0.0901. The van der Waals surface area contributed by atoms with Crippen LogP contribution in [0.1, 0.15) is 13.8 Å². The first-order valence-corrected chi connectivity index (χ1v) is 7.83. The summed E-state index contributed by atoms with van der Waals surface area (Å²) in [6.07, 6.45) is 2.68. The molecule has 0 amide bonds. The van der Waals surface area contributed by atoms with Gasteiger partial charge in [0.15, 0.2) is 14.9 Å². The first-order valence-electron chi connectivity index (χ1n) is 5.94. The van der Waals surface area contributed by atoms with E-state index in [2.05, 4.69) is 24.1 Å². The highest BCUT2D eigenvalue weighted by atomic mass is 32.2. The molecule has 1 heterocycles. The zero-order valence-electron chi connectivity index (χ0n) is 11.1. The molecule has 1 atom stereocenters. The van der Waals surface area contributed by atoms with Crippen molar-refractivity contribution in [3.8, 4) is 0 Å². The maximum Gasteiger partial charge on any atom is 0.192 e. The highest BCUT2D eigenvalue weighted by Crippen LogP contribution is 2.13. The number of nitrogens with two attached hydrogens (primary N) is 1. The molecule has 0 fully saturated rings. The van der Waals surface area contributed by atoms with Crippen molar-refractivity contribution in [2.45, 2.75) is 18.9 Å². The van der Waals surface area contributed by atoms with Crippen molar-refractivity contribution in [1.29, 1.82) is 0 Å². The molecule has 18 heavy (non-hydrogen) atoms. The summed E-state index contributed by atoms with van der Waals surface area (Å²) in [5.41, 5.74) is 6.49. The lowest BCUT2D eigenvalue weighted by Gasteiger charge is -2.19. The number of nitrogens with one attached hydrogen (secondary N) is 1. The lowest BCUT2D eigenvalue weighted by atomic mass is 9.96. The number of sulfone groups is 1. The van der Waals surface area contributed by atoms with E-state index in [0.29, 0.717) is 18.4 Å². The van der Waals surface area contributed by atoms with Crippen molar-refractivity contribution in [2.24, 2.45) is 17.6 Å². The Morgan fingerprint density at radius 1 is 1.39 bits per heavy atom. The van der Waals surface area contributed by atoms with E-state index in [1.54, 1.807) is 6.07 Å². The molecule has 1 unspecified atom stereocenters. The highest BCUT2D eigenvalue weighted by Gasteiger charge is 2.12. The molecule has 0 aliphatic heterocycles. The summed E-state index contributed by atoms with van der Waals surface area (Å²) in [7, 11) is -3.23. The molecule has 3 N–H and O–H groups in total. The van der Waals surface area contributed by atoms with Crippen LogP contribution < -0.4 is 11.1 Å². The molecular formula is C12H21N3O2S. The molecule has 0 radical (unpaired) electrons. The van der Waals surface area contributed by atoms with Crippen molar-refractivity contribution in [3.63, 3.8) is 0 Å². The standard InChI is InChI=1S/C12H21N3O2S/c1-9(2)10(6-13)7-14-11-4-5-12(15-8-11)18(3,16)17/h4-5,8-10,14H,6-7,13H2,1-3H3. The lowest BCUT2D eigenvalue weighted by Crippen LogP contribution is -2.27. The molecule has 0 aromatic carbocycles. The van der Waals surface area contributed by atoms with Gasteiger partial charge < -0.3 is 11.1 Å². The molecule has 0 aliphatic rings. The van der Waals surface area contributed by atoms with Crippen molar-refractivity contribution in [1.82, 2.24) is 4.98 Å². The third-order valence-corrected chi connectivity index (χ3v) is 3.93. The van der Waals surface area contributed by atoms with E-state index in [4.69, 9.17) is 5.73 Å². The zero-order valence-corrected chi connectivity index (χ0v) is 11.9. The first kappa shape index (κ1) is 14.9. The second-order valence-electron chi connectivity index (χ2n) is 4.78. The Morgan fingerprint density at radius 3 is 2.44 bits per heavy atom. The average molecular weight is 271 g/mol. The van der Waals surface area contributed by atoms with Gasteiger partial charge in [-0.05, 0) is 30.5 Å². The van der Waals surface area contributed by atoms with E-state index in [-0.39, 0.29) is 5.03 Å². The van der Waals surface area contributed by atoms with Crippen LogP contribution in [0.5, 0.6) is 0 Å². The van der Waals surface area contributed by atoms with E-state index < -0.39 is 9.84 Å². The van der Waals surface area contributed by atoms with Crippen LogP contribution in [0.3, 0.4) is 0 Å². The third kappa shape index (κ3) is 4.27. The Labute approximate surface area is 109 Å². The fraction of sp³-hybridized carbons (Fsp3) is 0.583. The van der Waals surface area contributed by atoms with Crippen molar-refractivity contribution < 1.29 is 8.42 Å². The van der Waals surface area contributed by atoms with Gasteiger partial charge >= 0.3 is 0 Å². The molecule has 1 aromatic heterocycles. The van der Waals surface area contributed by atoms with E-state index in [9.17, 15) is 8.42 Å². The number of anilines is 1. The van der Waals surface area contributed by atoms with Crippen molar-refractivity contribution in [2.75, 3.05) is 24.7 Å². The molecule has 0 saturated heterocycles. The second-order valence-corrected chi connectivity index (χ2v) is 6.74. The van der Waals surface area contributed by atoms with Gasteiger partial charge in [0.25, 0.3) is 0 Å². The Bertz CT molecular complexity index is 469. The summed E-state index contributed by atoms with van der Waals surface area (Å²) in [6.45, 7) is 5.64. The topological polar surface area (TPSA) is 85.1 Å². The van der Waals surface area contributed by atoms with Crippen LogP contribution >= 0.6 is 0 Å². The normalized spacial score (nSPS) is 13.6. The Hall–Kier alpha value is -1.14. The molecule has 5 nitrogen and oxygen atoms in total. The fourth-order valence-corrected chi connectivity index (χ4v) is 2.10. The van der Waals surface area contributed by atoms with Gasteiger partial charge in [-0.25, -0.2) is 13.4 Å². The van der Waals surface area contributed by atoms with Crippen LogP contribution in [-0.2, 0) is 9.84 Å². The summed E-state index contributed by atoms with van der Waals surface area (Å²) in [5.74, 6) is 0.894. The number of rotatable bonds is 6. The smallest absolute Gasteiger partial charge is 0.192 e. The molecule has 6 heteroatoms. The minimum Gasteiger partial charge on any atom is -0.383 e. The number of pyridine rings is 1. The highest BCUT2D eigenvalue weighted by molar-refractivity contribution is 7.90. The molecule has 0 aliphatic carbocycles. The fourth-order valence-electron chi connectivity index (χ4n) is 1.54. The van der Waals surface area contributed by atoms with Crippen LogP contribution in [0, 0.1) is 11.8 Å². The first-order chi connectivity index (χ1) is 8.34. The maximum atomic E-state index is 11.2. The maximum absolute atomic E-state index is 11.2. The van der Waals surface area contributed by atoms with Crippen molar-refractivity contribution in [3.05, 3.63) is 18.3 Å². The minimum atomic E-state index is -3.23. The average Bonchev–Trinajstić information content (AvgIpc) is 2.29. The number of aromatic nitrogens is 1. The quantitative estimate of drug-likeness (QED) is 0.810. The number of hydrogen-bond donors (Lipinski definition) is 2. The van der Waals surface area contributed by atoms with Gasteiger partial charge in [-0.15, -0.1) is 0 Å². The predicted octanol–water partition coefficient (Wildman–Crippen LogP) is 1.13. The molecule has 0 saturated carbocycles. The van der Waals surface area contributed by atoms with Crippen LogP contribution in [0.15, 0.2) is 23.4 Å². The van der Waals surface area contributed by atoms with Gasteiger partial charge in [-0.3, -0.25) is 0 Å². The summed E-state index contributed by atoms with van der Waals surface area (Å²) < 4.78 is 22.5. The zero-order chi connectivity index (χ0) is 13.8. The van der Waals surface area contributed by atoms with Crippen LogP contribution in [0.4, 0.5) is 5.69 Å². The van der Waals surface area contributed by atoms with Gasteiger partial charge in [0, 0.05) is 12.8 Å². The summed E-state index contributed by atoms with van der Waals surface area (Å²) >= 11 is 0. The van der Waals surface area contributed by atoms with E-state index in [1.807, 2.05) is 0 Å². The molecule has 0 bridgehead atoms. The van der Waals surface area contributed by atoms with Gasteiger partial charge in [0.1, 0.15) is 0 Å².